The highest BCUT2D eigenvalue weighted by molar-refractivity contribution is 5.78. The highest BCUT2D eigenvalue weighted by Gasteiger charge is 2.44. The minimum atomic E-state index is -1.05. The molecule has 26 heavy (non-hydrogen) atoms. The molecule has 2 N–H and O–H groups in total. The Balaban J connectivity index is 1.62. The van der Waals surface area contributed by atoms with Crippen LogP contribution >= 0.6 is 0 Å². The fourth-order valence-electron chi connectivity index (χ4n) is 3.63. The maximum atomic E-state index is 13.3. The average molecular weight is 357 g/mol. The first-order chi connectivity index (χ1) is 12.5. The minimum absolute atomic E-state index is 0.339. The van der Waals surface area contributed by atoms with Crippen LogP contribution in [-0.4, -0.2) is 43.1 Å². The van der Waals surface area contributed by atoms with Gasteiger partial charge in [-0.3, -0.25) is 0 Å². The van der Waals surface area contributed by atoms with Gasteiger partial charge in [0.15, 0.2) is 0 Å². The van der Waals surface area contributed by atoms with Crippen molar-refractivity contribution in [2.75, 3.05) is 0 Å². The van der Waals surface area contributed by atoms with Crippen LogP contribution in [0.3, 0.4) is 0 Å². The van der Waals surface area contributed by atoms with Crippen LogP contribution in [0.25, 0.3) is 11.0 Å². The van der Waals surface area contributed by atoms with Crippen molar-refractivity contribution in [2.45, 2.75) is 44.6 Å². The number of halogens is 1. The Hall–Kier alpha value is -2.51. The molecule has 0 aliphatic heterocycles. The predicted molar refractivity (Wildman–Crippen MR) is 93.5 cm³/mol. The third-order valence-electron chi connectivity index (χ3n) is 5.08. The Kier molecular flexibility index (Phi) is 4.13. The van der Waals surface area contributed by atoms with Crippen molar-refractivity contribution >= 4 is 11.0 Å². The fraction of sp³-hybridized carbons (Fsp3) is 0.368. The molecule has 2 heterocycles. The van der Waals surface area contributed by atoms with Crippen molar-refractivity contribution in [3.8, 4) is 5.75 Å². The second-order valence-electron chi connectivity index (χ2n) is 6.77. The van der Waals surface area contributed by atoms with Gasteiger partial charge in [0.05, 0.1) is 11.7 Å². The Morgan fingerprint density at radius 1 is 1.15 bits per heavy atom. The summed E-state index contributed by atoms with van der Waals surface area (Å²) in [7, 11) is 0. The summed E-state index contributed by atoms with van der Waals surface area (Å²) >= 11 is 0. The number of ether oxygens (including phenoxy) is 1. The lowest BCUT2D eigenvalue weighted by atomic mass is 10.2. The summed E-state index contributed by atoms with van der Waals surface area (Å²) in [5.74, 6) is 0.160. The zero-order chi connectivity index (χ0) is 18.4. The van der Waals surface area contributed by atoms with Crippen LogP contribution in [0.5, 0.6) is 5.75 Å². The van der Waals surface area contributed by atoms with Gasteiger partial charge in [-0.1, -0.05) is 0 Å². The molecule has 0 unspecified atom stereocenters. The summed E-state index contributed by atoms with van der Waals surface area (Å²) in [6.07, 6.45) is 1.10. The van der Waals surface area contributed by atoms with Crippen molar-refractivity contribution in [1.82, 2.24) is 14.5 Å². The summed E-state index contributed by atoms with van der Waals surface area (Å²) in [6, 6.07) is 5.77. The highest BCUT2D eigenvalue weighted by atomic mass is 19.1. The summed E-state index contributed by atoms with van der Waals surface area (Å²) in [4.78, 5) is 8.49. The third-order valence-corrected chi connectivity index (χ3v) is 5.08. The number of hydrogen-bond acceptors (Lipinski definition) is 5. The number of nitrogens with zero attached hydrogens (tertiary/aromatic N) is 3. The van der Waals surface area contributed by atoms with Crippen LogP contribution in [0.4, 0.5) is 4.39 Å². The summed E-state index contributed by atoms with van der Waals surface area (Å²) in [6.45, 7) is 3.64. The average Bonchev–Trinajstić information content (AvgIpc) is 3.15. The summed E-state index contributed by atoms with van der Waals surface area (Å²) in [5, 5.41) is 21.9. The van der Waals surface area contributed by atoms with Crippen molar-refractivity contribution in [1.29, 1.82) is 0 Å². The molecule has 6 nitrogen and oxygen atoms in total. The highest BCUT2D eigenvalue weighted by Crippen LogP contribution is 2.36. The maximum absolute atomic E-state index is 13.3. The standard InChI is InChI=1S/C19H20FN3O3/c1-10-7-12(20)3-4-15(10)26-16-8-14(17(24)18(16)25)23-6-5-13-11(2)21-9-22-19(13)23/h3-7,9,14,16-18,24-25H,8H2,1-2H3/t14-,16+,17+,18-/m1/s1. The van der Waals surface area contributed by atoms with Gasteiger partial charge in [0.1, 0.15) is 41.9 Å². The number of rotatable bonds is 3. The Labute approximate surface area is 149 Å². The van der Waals surface area contributed by atoms with E-state index in [2.05, 4.69) is 9.97 Å². The van der Waals surface area contributed by atoms with Gasteiger partial charge >= 0.3 is 0 Å². The summed E-state index contributed by atoms with van der Waals surface area (Å²) in [5.41, 5.74) is 2.22. The van der Waals surface area contributed by atoms with Gasteiger partial charge in [0.25, 0.3) is 0 Å². The lowest BCUT2D eigenvalue weighted by molar-refractivity contribution is -0.0165. The van der Waals surface area contributed by atoms with Crippen molar-refractivity contribution in [3.05, 3.63) is 53.9 Å². The molecule has 0 spiro atoms. The Bertz CT molecular complexity index is 958. The monoisotopic (exact) mass is 357 g/mol. The van der Waals surface area contributed by atoms with Gasteiger partial charge < -0.3 is 19.5 Å². The molecule has 1 aliphatic carbocycles. The van der Waals surface area contributed by atoms with E-state index in [-0.39, 0.29) is 11.9 Å². The van der Waals surface area contributed by atoms with Gasteiger partial charge in [-0.25, -0.2) is 14.4 Å². The fourth-order valence-corrected chi connectivity index (χ4v) is 3.63. The van der Waals surface area contributed by atoms with E-state index in [1.165, 1.54) is 18.5 Å². The first-order valence-electron chi connectivity index (χ1n) is 8.53. The molecule has 1 saturated carbocycles. The lowest BCUT2D eigenvalue weighted by Crippen LogP contribution is -2.34. The third kappa shape index (κ3) is 2.73. The summed E-state index contributed by atoms with van der Waals surface area (Å²) < 4.78 is 21.0. The normalized spacial score (nSPS) is 25.7. The second-order valence-corrected chi connectivity index (χ2v) is 6.77. The molecular formula is C19H20FN3O3. The zero-order valence-electron chi connectivity index (χ0n) is 14.5. The van der Waals surface area contributed by atoms with Gasteiger partial charge in [-0.05, 0) is 43.7 Å². The van der Waals surface area contributed by atoms with E-state index < -0.39 is 18.3 Å². The predicted octanol–water partition coefficient (Wildman–Crippen LogP) is 2.30. The van der Waals surface area contributed by atoms with E-state index in [4.69, 9.17) is 4.74 Å². The number of aliphatic hydroxyl groups excluding tert-OH is 2. The minimum Gasteiger partial charge on any atom is -0.487 e. The van der Waals surface area contributed by atoms with Crippen LogP contribution < -0.4 is 4.74 Å². The van der Waals surface area contributed by atoms with Gasteiger partial charge in [0, 0.05) is 18.0 Å². The molecule has 136 valence electrons. The van der Waals surface area contributed by atoms with E-state index in [0.717, 1.165) is 11.1 Å². The molecule has 1 aromatic carbocycles. The Morgan fingerprint density at radius 3 is 2.73 bits per heavy atom. The smallest absolute Gasteiger partial charge is 0.143 e. The van der Waals surface area contributed by atoms with Crippen molar-refractivity contribution < 1.29 is 19.3 Å². The number of aromatic nitrogens is 3. The number of aryl methyl sites for hydroxylation is 2. The van der Waals surface area contributed by atoms with Crippen LogP contribution in [0.2, 0.25) is 0 Å². The first kappa shape index (κ1) is 16.9. The van der Waals surface area contributed by atoms with Crippen LogP contribution in [0, 0.1) is 19.7 Å². The molecule has 0 amide bonds. The number of fused-ring (bicyclic) bond motifs is 1. The molecule has 4 rings (SSSR count). The number of benzene rings is 1. The van der Waals surface area contributed by atoms with Crippen LogP contribution in [0.1, 0.15) is 23.7 Å². The lowest BCUT2D eigenvalue weighted by Gasteiger charge is -2.19. The van der Waals surface area contributed by atoms with Crippen LogP contribution in [-0.2, 0) is 0 Å². The molecular weight excluding hydrogens is 337 g/mol. The van der Waals surface area contributed by atoms with Gasteiger partial charge in [0.2, 0.25) is 0 Å². The van der Waals surface area contributed by atoms with Gasteiger partial charge in [-0.15, -0.1) is 0 Å². The quantitative estimate of drug-likeness (QED) is 0.752. The second kappa shape index (κ2) is 6.34. The molecule has 0 bridgehead atoms. The van der Waals surface area contributed by atoms with E-state index in [1.54, 1.807) is 13.0 Å². The van der Waals surface area contributed by atoms with E-state index in [0.29, 0.717) is 23.4 Å². The zero-order valence-corrected chi connectivity index (χ0v) is 14.5. The maximum Gasteiger partial charge on any atom is 0.143 e. The molecule has 4 atom stereocenters. The van der Waals surface area contributed by atoms with E-state index in [1.807, 2.05) is 23.8 Å². The van der Waals surface area contributed by atoms with Gasteiger partial charge in [-0.2, -0.15) is 0 Å². The number of hydrogen-bond donors (Lipinski definition) is 2. The Morgan fingerprint density at radius 2 is 1.96 bits per heavy atom. The molecule has 0 radical (unpaired) electrons. The first-order valence-corrected chi connectivity index (χ1v) is 8.53. The molecule has 7 heteroatoms. The topological polar surface area (TPSA) is 80.4 Å². The molecule has 3 aromatic rings. The molecule has 2 aromatic heterocycles. The molecule has 1 fully saturated rings. The van der Waals surface area contributed by atoms with Crippen LogP contribution in [0.15, 0.2) is 36.8 Å². The largest absolute Gasteiger partial charge is 0.487 e. The van der Waals surface area contributed by atoms with Crippen molar-refractivity contribution in [2.24, 2.45) is 0 Å². The van der Waals surface area contributed by atoms with E-state index >= 15 is 0 Å². The number of aliphatic hydroxyl groups is 2. The van der Waals surface area contributed by atoms with E-state index in [9.17, 15) is 14.6 Å². The van der Waals surface area contributed by atoms with Crippen molar-refractivity contribution in [3.63, 3.8) is 0 Å². The molecule has 0 saturated heterocycles. The SMILES string of the molecule is Cc1cc(F)ccc1O[C@H]1C[C@@H](n2ccc3c(C)ncnc32)[C@H](O)[C@@H]1O. The molecule has 1 aliphatic rings.